The standard InChI is InChI=1S/C17H24N4O2/c1-6-14-12(10-19-21(14)17(2,3)4)16(22)20-11-7-8-15(23-5)13(18)9-11/h7-10H,6,18H2,1-5H3,(H,20,22). The van der Waals surface area contributed by atoms with Crippen LogP contribution in [0.15, 0.2) is 24.4 Å². The molecule has 0 aliphatic rings. The Morgan fingerprint density at radius 2 is 2.09 bits per heavy atom. The molecule has 1 aromatic heterocycles. The van der Waals surface area contributed by atoms with Crippen LogP contribution in [0, 0.1) is 0 Å². The van der Waals surface area contributed by atoms with Crippen LogP contribution in [-0.4, -0.2) is 22.8 Å². The summed E-state index contributed by atoms with van der Waals surface area (Å²) < 4.78 is 7.01. The van der Waals surface area contributed by atoms with Crippen LogP contribution in [0.1, 0.15) is 43.7 Å². The van der Waals surface area contributed by atoms with Gasteiger partial charge in [0.2, 0.25) is 0 Å². The smallest absolute Gasteiger partial charge is 0.259 e. The maximum Gasteiger partial charge on any atom is 0.259 e. The highest BCUT2D eigenvalue weighted by Crippen LogP contribution is 2.25. The first-order chi connectivity index (χ1) is 10.8. The van der Waals surface area contributed by atoms with Crippen molar-refractivity contribution in [2.45, 2.75) is 39.7 Å². The lowest BCUT2D eigenvalue weighted by atomic mass is 10.1. The van der Waals surface area contributed by atoms with Gasteiger partial charge in [0.25, 0.3) is 5.91 Å². The molecule has 0 aliphatic heterocycles. The zero-order valence-electron chi connectivity index (χ0n) is 14.3. The van der Waals surface area contributed by atoms with Crippen molar-refractivity contribution in [2.75, 3.05) is 18.2 Å². The van der Waals surface area contributed by atoms with Crippen LogP contribution in [0.5, 0.6) is 5.75 Å². The molecule has 0 bridgehead atoms. The third kappa shape index (κ3) is 3.47. The van der Waals surface area contributed by atoms with Crippen molar-refractivity contribution >= 4 is 17.3 Å². The summed E-state index contributed by atoms with van der Waals surface area (Å²) in [6.07, 6.45) is 2.34. The number of carbonyl (C=O) groups is 1. The molecule has 2 rings (SSSR count). The lowest BCUT2D eigenvalue weighted by Crippen LogP contribution is -2.26. The number of amides is 1. The Morgan fingerprint density at radius 1 is 1.39 bits per heavy atom. The van der Waals surface area contributed by atoms with Crippen LogP contribution >= 0.6 is 0 Å². The van der Waals surface area contributed by atoms with Crippen molar-refractivity contribution in [1.29, 1.82) is 0 Å². The van der Waals surface area contributed by atoms with E-state index in [1.54, 1.807) is 31.5 Å². The molecular weight excluding hydrogens is 292 g/mol. The number of rotatable bonds is 4. The monoisotopic (exact) mass is 316 g/mol. The van der Waals surface area contributed by atoms with Gasteiger partial charge >= 0.3 is 0 Å². The average Bonchev–Trinajstić information content (AvgIpc) is 2.91. The Morgan fingerprint density at radius 3 is 2.61 bits per heavy atom. The van der Waals surface area contributed by atoms with Crippen molar-refractivity contribution in [3.63, 3.8) is 0 Å². The van der Waals surface area contributed by atoms with Crippen LogP contribution < -0.4 is 15.8 Å². The van der Waals surface area contributed by atoms with E-state index in [-0.39, 0.29) is 11.4 Å². The predicted octanol–water partition coefficient (Wildman–Crippen LogP) is 3.04. The fraction of sp³-hybridized carbons (Fsp3) is 0.412. The zero-order chi connectivity index (χ0) is 17.2. The number of nitrogens with one attached hydrogen (secondary N) is 1. The van der Waals surface area contributed by atoms with E-state index < -0.39 is 0 Å². The number of carbonyl (C=O) groups excluding carboxylic acids is 1. The SMILES string of the molecule is CCc1c(C(=O)Nc2ccc(OC)c(N)c2)cnn1C(C)(C)C. The molecule has 3 N–H and O–H groups in total. The van der Waals surface area contributed by atoms with Gasteiger partial charge in [-0.05, 0) is 45.4 Å². The third-order valence-electron chi connectivity index (χ3n) is 3.57. The summed E-state index contributed by atoms with van der Waals surface area (Å²) in [4.78, 5) is 12.6. The van der Waals surface area contributed by atoms with Crippen LogP contribution in [0.3, 0.4) is 0 Å². The van der Waals surface area contributed by atoms with E-state index in [0.717, 1.165) is 12.1 Å². The van der Waals surface area contributed by atoms with Crippen molar-refractivity contribution in [1.82, 2.24) is 9.78 Å². The molecule has 2 aromatic rings. The van der Waals surface area contributed by atoms with E-state index in [9.17, 15) is 4.79 Å². The Bertz CT molecular complexity index is 714. The fourth-order valence-corrected chi connectivity index (χ4v) is 2.49. The van der Waals surface area contributed by atoms with E-state index in [4.69, 9.17) is 10.5 Å². The molecule has 0 aliphatic carbocycles. The summed E-state index contributed by atoms with van der Waals surface area (Å²) in [5, 5.41) is 7.24. The fourth-order valence-electron chi connectivity index (χ4n) is 2.49. The first-order valence-corrected chi connectivity index (χ1v) is 7.60. The molecule has 1 amide bonds. The molecule has 0 fully saturated rings. The molecule has 0 unspecified atom stereocenters. The Hall–Kier alpha value is -2.50. The third-order valence-corrected chi connectivity index (χ3v) is 3.57. The van der Waals surface area contributed by atoms with E-state index in [0.29, 0.717) is 22.7 Å². The highest BCUT2D eigenvalue weighted by molar-refractivity contribution is 6.05. The normalized spacial score (nSPS) is 11.3. The number of nitrogens with two attached hydrogens (primary N) is 1. The van der Waals surface area contributed by atoms with Gasteiger partial charge in [-0.15, -0.1) is 0 Å². The van der Waals surface area contributed by atoms with Gasteiger partial charge in [-0.1, -0.05) is 6.92 Å². The number of aromatic nitrogens is 2. The van der Waals surface area contributed by atoms with E-state index in [1.165, 1.54) is 0 Å². The van der Waals surface area contributed by atoms with Crippen molar-refractivity contribution < 1.29 is 9.53 Å². The van der Waals surface area contributed by atoms with Gasteiger partial charge in [0.1, 0.15) is 5.75 Å². The summed E-state index contributed by atoms with van der Waals surface area (Å²) in [7, 11) is 1.55. The molecule has 0 radical (unpaired) electrons. The Balaban J connectivity index is 2.28. The second-order valence-corrected chi connectivity index (χ2v) is 6.35. The summed E-state index contributed by atoms with van der Waals surface area (Å²) in [5.41, 5.74) is 8.29. The van der Waals surface area contributed by atoms with Crippen LogP contribution in [0.25, 0.3) is 0 Å². The lowest BCUT2D eigenvalue weighted by Gasteiger charge is -2.22. The molecule has 0 spiro atoms. The molecule has 124 valence electrons. The number of benzene rings is 1. The second-order valence-electron chi connectivity index (χ2n) is 6.35. The summed E-state index contributed by atoms with van der Waals surface area (Å²) in [5.74, 6) is 0.389. The highest BCUT2D eigenvalue weighted by Gasteiger charge is 2.23. The van der Waals surface area contributed by atoms with Gasteiger partial charge in [0.15, 0.2) is 0 Å². The van der Waals surface area contributed by atoms with Gasteiger partial charge in [-0.2, -0.15) is 5.10 Å². The van der Waals surface area contributed by atoms with Crippen LogP contribution in [-0.2, 0) is 12.0 Å². The number of hydrogen-bond acceptors (Lipinski definition) is 4. The minimum Gasteiger partial charge on any atom is -0.495 e. The molecule has 0 atom stereocenters. The molecule has 23 heavy (non-hydrogen) atoms. The molecule has 6 nitrogen and oxygen atoms in total. The van der Waals surface area contributed by atoms with Gasteiger partial charge in [0.05, 0.1) is 35.8 Å². The lowest BCUT2D eigenvalue weighted by molar-refractivity contribution is 0.102. The maximum atomic E-state index is 12.6. The maximum absolute atomic E-state index is 12.6. The zero-order valence-corrected chi connectivity index (χ0v) is 14.3. The Kier molecular flexibility index (Phi) is 4.63. The molecular formula is C17H24N4O2. The number of hydrogen-bond donors (Lipinski definition) is 2. The minimum atomic E-state index is -0.193. The number of anilines is 2. The van der Waals surface area contributed by atoms with Crippen LogP contribution in [0.2, 0.25) is 0 Å². The van der Waals surface area contributed by atoms with E-state index in [1.807, 2.05) is 11.6 Å². The van der Waals surface area contributed by atoms with Crippen molar-refractivity contribution in [3.05, 3.63) is 35.7 Å². The quantitative estimate of drug-likeness (QED) is 0.849. The number of nitrogens with zero attached hydrogens (tertiary/aromatic N) is 2. The molecule has 1 heterocycles. The van der Waals surface area contributed by atoms with Crippen molar-refractivity contribution in [3.8, 4) is 5.75 Å². The Labute approximate surface area is 136 Å². The minimum absolute atomic E-state index is 0.172. The van der Waals surface area contributed by atoms with Crippen molar-refractivity contribution in [2.24, 2.45) is 0 Å². The average molecular weight is 316 g/mol. The van der Waals surface area contributed by atoms with Crippen LogP contribution in [0.4, 0.5) is 11.4 Å². The highest BCUT2D eigenvalue weighted by atomic mass is 16.5. The molecule has 0 saturated heterocycles. The first-order valence-electron chi connectivity index (χ1n) is 7.60. The summed E-state index contributed by atoms with van der Waals surface area (Å²) in [6.45, 7) is 8.20. The van der Waals surface area contributed by atoms with E-state index >= 15 is 0 Å². The number of nitrogen functional groups attached to an aromatic ring is 1. The van der Waals surface area contributed by atoms with Gasteiger partial charge in [-0.25, -0.2) is 0 Å². The van der Waals surface area contributed by atoms with Gasteiger partial charge in [0, 0.05) is 5.69 Å². The molecule has 6 heteroatoms. The summed E-state index contributed by atoms with van der Waals surface area (Å²) >= 11 is 0. The number of methoxy groups -OCH3 is 1. The topological polar surface area (TPSA) is 82.2 Å². The van der Waals surface area contributed by atoms with Gasteiger partial charge < -0.3 is 15.8 Å². The summed E-state index contributed by atoms with van der Waals surface area (Å²) in [6, 6.07) is 5.16. The van der Waals surface area contributed by atoms with E-state index in [2.05, 4.69) is 31.2 Å². The van der Waals surface area contributed by atoms with Gasteiger partial charge in [-0.3, -0.25) is 9.48 Å². The second kappa shape index (κ2) is 6.32. The number of ether oxygens (including phenoxy) is 1. The first kappa shape index (κ1) is 16.9. The molecule has 1 aromatic carbocycles. The largest absolute Gasteiger partial charge is 0.495 e. The predicted molar refractivity (Wildman–Crippen MR) is 92.0 cm³/mol. The molecule has 0 saturated carbocycles.